The van der Waals surface area contributed by atoms with E-state index in [1.54, 1.807) is 0 Å². The van der Waals surface area contributed by atoms with Crippen LogP contribution in [0.5, 0.6) is 0 Å². The summed E-state index contributed by atoms with van der Waals surface area (Å²) in [6.45, 7) is 3.41. The van der Waals surface area contributed by atoms with Crippen LogP contribution >= 0.6 is 26.4 Å². The molecule has 0 bridgehead atoms. The van der Waals surface area contributed by atoms with Gasteiger partial charge in [-0.25, -0.2) is 0 Å². The van der Waals surface area contributed by atoms with Crippen molar-refractivity contribution < 1.29 is 0 Å². The summed E-state index contributed by atoms with van der Waals surface area (Å²) in [5, 5.41) is 4.38. The molecule has 3 aromatic rings. The Morgan fingerprint density at radius 1 is 0.714 bits per heavy atom. The van der Waals surface area contributed by atoms with Gasteiger partial charge < -0.3 is 0 Å². The van der Waals surface area contributed by atoms with Gasteiger partial charge in [-0.1, -0.05) is 0 Å². The number of halogens is 1. The van der Waals surface area contributed by atoms with Crippen LogP contribution in [0.2, 0.25) is 0 Å². The SMILES string of the molecule is CCN(C1CCCC1)P(I)(c1ccccc1)(c1ccccc1)c1ccccc1. The Bertz CT molecular complexity index is 792. The average molecular weight is 501 g/mol. The molecule has 0 N–H and O–H groups in total. The summed E-state index contributed by atoms with van der Waals surface area (Å²) in [5.74, 6) is 0. The molecule has 0 saturated heterocycles. The fourth-order valence-corrected chi connectivity index (χ4v) is 15.2. The molecule has 28 heavy (non-hydrogen) atoms. The number of hydrogen-bond donors (Lipinski definition) is 0. The minimum atomic E-state index is -2.84. The van der Waals surface area contributed by atoms with Crippen LogP contribution in [-0.2, 0) is 0 Å². The molecule has 1 aliphatic carbocycles. The number of hydrogen-bond acceptors (Lipinski definition) is 1. The van der Waals surface area contributed by atoms with Crippen LogP contribution in [0, 0.1) is 0 Å². The zero-order valence-electron chi connectivity index (χ0n) is 16.5. The van der Waals surface area contributed by atoms with E-state index in [2.05, 4.69) is 125 Å². The number of rotatable bonds is 6. The first-order chi connectivity index (χ1) is 13.7. The van der Waals surface area contributed by atoms with Crippen LogP contribution in [0.25, 0.3) is 0 Å². The monoisotopic (exact) mass is 501 g/mol. The Kier molecular flexibility index (Phi) is 5.92. The van der Waals surface area contributed by atoms with Crippen LogP contribution in [0.1, 0.15) is 32.6 Å². The van der Waals surface area contributed by atoms with E-state index < -0.39 is 4.40 Å². The molecule has 4 rings (SSSR count). The Balaban J connectivity index is 2.12. The van der Waals surface area contributed by atoms with Gasteiger partial charge in [-0.15, -0.1) is 0 Å². The molecule has 1 aliphatic rings. The second kappa shape index (κ2) is 8.26. The molecule has 0 spiro atoms. The second-order valence-electron chi connectivity index (χ2n) is 7.67. The van der Waals surface area contributed by atoms with Crippen LogP contribution in [0.4, 0.5) is 0 Å². The van der Waals surface area contributed by atoms with Crippen LogP contribution < -0.4 is 15.9 Å². The fraction of sp³-hybridized carbons (Fsp3) is 0.280. The van der Waals surface area contributed by atoms with Crippen LogP contribution in [-0.4, -0.2) is 17.3 Å². The van der Waals surface area contributed by atoms with Gasteiger partial charge in [-0.2, -0.15) is 0 Å². The first kappa shape index (κ1) is 20.1. The van der Waals surface area contributed by atoms with Gasteiger partial charge in [0.2, 0.25) is 0 Å². The summed E-state index contributed by atoms with van der Waals surface area (Å²) in [5.41, 5.74) is 0. The third kappa shape index (κ3) is 3.05. The van der Waals surface area contributed by atoms with Gasteiger partial charge in [0.05, 0.1) is 0 Å². The van der Waals surface area contributed by atoms with E-state index in [9.17, 15) is 0 Å². The third-order valence-corrected chi connectivity index (χ3v) is 18.2. The maximum atomic E-state index is 2.91. The third-order valence-electron chi connectivity index (χ3n) is 6.23. The summed E-state index contributed by atoms with van der Waals surface area (Å²) in [6, 6.07) is 34.5. The van der Waals surface area contributed by atoms with Crippen molar-refractivity contribution in [3.05, 3.63) is 91.0 Å². The van der Waals surface area contributed by atoms with Gasteiger partial charge in [0.1, 0.15) is 0 Å². The van der Waals surface area contributed by atoms with Crippen molar-refractivity contribution in [2.24, 2.45) is 0 Å². The first-order valence-corrected chi connectivity index (χ1v) is 15.3. The van der Waals surface area contributed by atoms with Gasteiger partial charge in [0.15, 0.2) is 0 Å². The molecule has 1 fully saturated rings. The van der Waals surface area contributed by atoms with E-state index in [4.69, 9.17) is 0 Å². The predicted molar refractivity (Wildman–Crippen MR) is 134 cm³/mol. The molecule has 3 heteroatoms. The number of benzene rings is 3. The molecule has 0 heterocycles. The Morgan fingerprint density at radius 3 is 1.39 bits per heavy atom. The maximum absolute atomic E-state index is 2.91. The zero-order valence-corrected chi connectivity index (χ0v) is 19.6. The Labute approximate surface area is 182 Å². The van der Waals surface area contributed by atoms with Gasteiger partial charge >= 0.3 is 183 Å². The van der Waals surface area contributed by atoms with Crippen LogP contribution in [0.15, 0.2) is 91.0 Å². The molecule has 1 nitrogen and oxygen atoms in total. The van der Waals surface area contributed by atoms with E-state index in [1.807, 2.05) is 0 Å². The van der Waals surface area contributed by atoms with Gasteiger partial charge in [-0.05, 0) is 0 Å². The molecule has 0 radical (unpaired) electrons. The molecule has 146 valence electrons. The molecule has 1 saturated carbocycles. The standard InChI is InChI=1S/C25H29INP/c1-2-27(22-14-12-13-15-22)28(26,23-16-6-3-7-17-23,24-18-8-4-9-19-24)25-20-10-5-11-21-25/h3-11,16-22H,2,12-15H2,1H3. The van der Waals surface area contributed by atoms with Crippen molar-refractivity contribution in [2.45, 2.75) is 38.6 Å². The molecule has 0 unspecified atom stereocenters. The number of nitrogens with zero attached hydrogens (tertiary/aromatic N) is 1. The molecule has 0 aromatic heterocycles. The van der Waals surface area contributed by atoms with Crippen molar-refractivity contribution in [1.29, 1.82) is 0 Å². The normalized spacial score (nSPS) is 16.8. The molecule has 0 amide bonds. The predicted octanol–water partition coefficient (Wildman–Crippen LogP) is 6.05. The van der Waals surface area contributed by atoms with E-state index in [-0.39, 0.29) is 0 Å². The van der Waals surface area contributed by atoms with Crippen molar-refractivity contribution in [3.63, 3.8) is 0 Å². The van der Waals surface area contributed by atoms with Crippen molar-refractivity contribution in [1.82, 2.24) is 4.67 Å². The Morgan fingerprint density at radius 2 is 1.07 bits per heavy atom. The molecular weight excluding hydrogens is 472 g/mol. The van der Waals surface area contributed by atoms with E-state index >= 15 is 0 Å². The van der Waals surface area contributed by atoms with Gasteiger partial charge in [0.25, 0.3) is 0 Å². The molecule has 0 aliphatic heterocycles. The molecule has 3 aromatic carbocycles. The van der Waals surface area contributed by atoms with Crippen molar-refractivity contribution in [2.75, 3.05) is 6.54 Å². The topological polar surface area (TPSA) is 3.24 Å². The summed E-state index contributed by atoms with van der Waals surface area (Å²) >= 11 is 2.91. The van der Waals surface area contributed by atoms with E-state index in [0.717, 1.165) is 6.54 Å². The summed E-state index contributed by atoms with van der Waals surface area (Å²) in [4.78, 5) is 0. The second-order valence-corrected chi connectivity index (χ2v) is 17.3. The summed E-state index contributed by atoms with van der Waals surface area (Å²) in [7, 11) is 0. The summed E-state index contributed by atoms with van der Waals surface area (Å²) in [6.07, 6.45) is 5.31. The van der Waals surface area contributed by atoms with Gasteiger partial charge in [-0.3, -0.25) is 0 Å². The average Bonchev–Trinajstić information content (AvgIpc) is 3.30. The minimum absolute atomic E-state index is 0.639. The van der Waals surface area contributed by atoms with E-state index in [0.29, 0.717) is 6.04 Å². The quantitative estimate of drug-likeness (QED) is 0.294. The van der Waals surface area contributed by atoms with Crippen molar-refractivity contribution >= 4 is 42.4 Å². The van der Waals surface area contributed by atoms with E-state index in [1.165, 1.54) is 41.6 Å². The molecule has 0 atom stereocenters. The molecular formula is C25H29INP. The fourth-order valence-electron chi connectivity index (χ4n) is 5.03. The first-order valence-electron chi connectivity index (χ1n) is 10.4. The van der Waals surface area contributed by atoms with Crippen LogP contribution in [0.3, 0.4) is 0 Å². The van der Waals surface area contributed by atoms with Gasteiger partial charge in [0, 0.05) is 0 Å². The zero-order chi connectivity index (χ0) is 19.5. The van der Waals surface area contributed by atoms with Crippen molar-refractivity contribution in [3.8, 4) is 0 Å². The Hall–Kier alpha value is -1.22. The summed E-state index contributed by atoms with van der Waals surface area (Å²) < 4.78 is 0.0655.